The standard InChI is InChI=1S/C7H11F4N/c1-5(2)3-6(5,12)7(10,11)4(8)9/h4H,3,12H2,1-2H3. The molecule has 5 heteroatoms. The third-order valence-electron chi connectivity index (χ3n) is 2.67. The number of halogens is 4. The predicted octanol–water partition coefficient (Wildman–Crippen LogP) is 2.01. The molecule has 1 nitrogen and oxygen atoms in total. The van der Waals surface area contributed by atoms with Crippen LogP contribution in [-0.2, 0) is 0 Å². The molecule has 1 fully saturated rings. The molecule has 0 bridgehead atoms. The molecular weight excluding hydrogens is 174 g/mol. The van der Waals surface area contributed by atoms with E-state index in [0.29, 0.717) is 0 Å². The second kappa shape index (κ2) is 2.13. The minimum absolute atomic E-state index is 0.0582. The molecule has 1 saturated carbocycles. The van der Waals surface area contributed by atoms with E-state index >= 15 is 0 Å². The maximum atomic E-state index is 12.7. The first-order chi connectivity index (χ1) is 5.15. The van der Waals surface area contributed by atoms with E-state index in [4.69, 9.17) is 5.73 Å². The van der Waals surface area contributed by atoms with Gasteiger partial charge in [-0.1, -0.05) is 13.8 Å². The molecule has 72 valence electrons. The number of rotatable bonds is 2. The first-order valence-electron chi connectivity index (χ1n) is 3.60. The van der Waals surface area contributed by atoms with E-state index in [-0.39, 0.29) is 6.42 Å². The zero-order chi connectivity index (χ0) is 9.78. The van der Waals surface area contributed by atoms with Crippen molar-refractivity contribution in [2.45, 2.75) is 38.2 Å². The fourth-order valence-corrected chi connectivity index (χ4v) is 1.42. The third kappa shape index (κ3) is 0.952. The van der Waals surface area contributed by atoms with Gasteiger partial charge in [-0.25, -0.2) is 8.78 Å². The average Bonchev–Trinajstić information content (AvgIpc) is 2.33. The molecule has 1 aliphatic rings. The van der Waals surface area contributed by atoms with Crippen LogP contribution < -0.4 is 5.73 Å². The van der Waals surface area contributed by atoms with Crippen LogP contribution in [0, 0.1) is 5.41 Å². The summed E-state index contributed by atoms with van der Waals surface area (Å²) >= 11 is 0. The van der Waals surface area contributed by atoms with Gasteiger partial charge >= 0.3 is 12.3 Å². The van der Waals surface area contributed by atoms with E-state index in [0.717, 1.165) is 0 Å². The van der Waals surface area contributed by atoms with Crippen molar-refractivity contribution < 1.29 is 17.6 Å². The molecule has 0 aliphatic heterocycles. The zero-order valence-electron chi connectivity index (χ0n) is 6.87. The molecule has 0 saturated heterocycles. The van der Waals surface area contributed by atoms with Crippen molar-refractivity contribution in [1.82, 2.24) is 0 Å². The summed E-state index contributed by atoms with van der Waals surface area (Å²) in [6.45, 7) is 2.92. The summed E-state index contributed by atoms with van der Waals surface area (Å²) in [7, 11) is 0. The summed E-state index contributed by atoms with van der Waals surface area (Å²) in [5.74, 6) is -4.07. The summed E-state index contributed by atoms with van der Waals surface area (Å²) < 4.78 is 49.2. The third-order valence-corrected chi connectivity index (χ3v) is 2.67. The van der Waals surface area contributed by atoms with Gasteiger partial charge in [-0.3, -0.25) is 0 Å². The van der Waals surface area contributed by atoms with Gasteiger partial charge in [0, 0.05) is 0 Å². The van der Waals surface area contributed by atoms with Gasteiger partial charge in [-0.2, -0.15) is 8.78 Å². The summed E-state index contributed by atoms with van der Waals surface area (Å²) in [6.07, 6.45) is -3.73. The van der Waals surface area contributed by atoms with Gasteiger partial charge in [0.05, 0.1) is 5.54 Å². The van der Waals surface area contributed by atoms with Crippen LogP contribution in [0.4, 0.5) is 17.6 Å². The van der Waals surface area contributed by atoms with Gasteiger partial charge in [-0.05, 0) is 11.8 Å². The number of nitrogens with two attached hydrogens (primary N) is 1. The summed E-state index contributed by atoms with van der Waals surface area (Å²) in [4.78, 5) is 0. The molecule has 0 spiro atoms. The van der Waals surface area contributed by atoms with Crippen molar-refractivity contribution in [3.05, 3.63) is 0 Å². The molecule has 0 aromatic rings. The Morgan fingerprint density at radius 3 is 1.75 bits per heavy atom. The maximum absolute atomic E-state index is 12.7. The Labute approximate surface area is 67.9 Å². The molecule has 1 unspecified atom stereocenters. The van der Waals surface area contributed by atoms with Crippen LogP contribution >= 0.6 is 0 Å². The molecule has 0 aromatic heterocycles. The first-order valence-corrected chi connectivity index (χ1v) is 3.60. The Morgan fingerprint density at radius 1 is 1.33 bits per heavy atom. The highest BCUT2D eigenvalue weighted by Crippen LogP contribution is 2.62. The Morgan fingerprint density at radius 2 is 1.67 bits per heavy atom. The van der Waals surface area contributed by atoms with E-state index in [1.807, 2.05) is 0 Å². The van der Waals surface area contributed by atoms with Gasteiger partial charge in [0.15, 0.2) is 0 Å². The first kappa shape index (κ1) is 9.77. The highest BCUT2D eigenvalue weighted by Gasteiger charge is 2.75. The molecule has 0 radical (unpaired) electrons. The lowest BCUT2D eigenvalue weighted by atomic mass is 9.99. The van der Waals surface area contributed by atoms with Crippen LogP contribution in [0.5, 0.6) is 0 Å². The van der Waals surface area contributed by atoms with Crippen LogP contribution in [0.1, 0.15) is 20.3 Å². The topological polar surface area (TPSA) is 26.0 Å². The van der Waals surface area contributed by atoms with Crippen molar-refractivity contribution in [3.8, 4) is 0 Å². The minimum atomic E-state index is -4.07. The van der Waals surface area contributed by atoms with E-state index in [2.05, 4.69) is 0 Å². The fourth-order valence-electron chi connectivity index (χ4n) is 1.42. The average molecular weight is 185 g/mol. The van der Waals surface area contributed by atoms with Gasteiger partial charge < -0.3 is 5.73 Å². The van der Waals surface area contributed by atoms with Crippen LogP contribution in [0.25, 0.3) is 0 Å². The van der Waals surface area contributed by atoms with E-state index in [9.17, 15) is 17.6 Å². The SMILES string of the molecule is CC1(C)CC1(N)C(F)(F)C(F)F. The second-order valence-corrected chi connectivity index (χ2v) is 3.96. The highest BCUT2D eigenvalue weighted by molar-refractivity contribution is 5.22. The van der Waals surface area contributed by atoms with E-state index in [1.54, 1.807) is 0 Å². The van der Waals surface area contributed by atoms with Crippen LogP contribution in [0.15, 0.2) is 0 Å². The van der Waals surface area contributed by atoms with E-state index < -0.39 is 23.3 Å². The van der Waals surface area contributed by atoms with Crippen molar-refractivity contribution in [2.24, 2.45) is 11.1 Å². The molecular formula is C7H11F4N. The van der Waals surface area contributed by atoms with Crippen LogP contribution in [0.3, 0.4) is 0 Å². The molecule has 0 amide bonds. The van der Waals surface area contributed by atoms with Gasteiger partial charge in [0.2, 0.25) is 0 Å². The monoisotopic (exact) mass is 185 g/mol. The Hall–Kier alpha value is -0.320. The molecule has 1 rings (SSSR count). The summed E-state index contributed by atoms with van der Waals surface area (Å²) in [5, 5.41) is 0. The Kier molecular flexibility index (Phi) is 1.73. The fraction of sp³-hybridized carbons (Fsp3) is 1.00. The second-order valence-electron chi connectivity index (χ2n) is 3.96. The van der Waals surface area contributed by atoms with Gasteiger partial charge in [-0.15, -0.1) is 0 Å². The van der Waals surface area contributed by atoms with Gasteiger partial charge in [0.1, 0.15) is 0 Å². The minimum Gasteiger partial charge on any atom is -0.319 e. The van der Waals surface area contributed by atoms with E-state index in [1.165, 1.54) is 13.8 Å². The highest BCUT2D eigenvalue weighted by atomic mass is 19.3. The Balaban J connectivity index is 2.85. The molecule has 0 heterocycles. The smallest absolute Gasteiger partial charge is 0.319 e. The zero-order valence-corrected chi connectivity index (χ0v) is 6.87. The molecule has 12 heavy (non-hydrogen) atoms. The quantitative estimate of drug-likeness (QED) is 0.654. The summed E-state index contributed by atoms with van der Waals surface area (Å²) in [5.41, 5.74) is 2.27. The lowest BCUT2D eigenvalue weighted by Crippen LogP contribution is -2.51. The normalized spacial score (nSPS) is 34.0. The lowest BCUT2D eigenvalue weighted by molar-refractivity contribution is -0.157. The molecule has 1 atom stereocenters. The van der Waals surface area contributed by atoms with Crippen molar-refractivity contribution in [3.63, 3.8) is 0 Å². The largest absolute Gasteiger partial charge is 0.325 e. The Bertz CT molecular complexity index is 199. The van der Waals surface area contributed by atoms with Crippen LogP contribution in [0.2, 0.25) is 0 Å². The predicted molar refractivity (Wildman–Crippen MR) is 36.3 cm³/mol. The molecule has 0 aromatic carbocycles. The van der Waals surface area contributed by atoms with Crippen molar-refractivity contribution in [1.29, 1.82) is 0 Å². The number of alkyl halides is 4. The number of hydrogen-bond acceptors (Lipinski definition) is 1. The summed E-state index contributed by atoms with van der Waals surface area (Å²) in [6, 6.07) is 0. The van der Waals surface area contributed by atoms with Crippen molar-refractivity contribution in [2.75, 3.05) is 0 Å². The van der Waals surface area contributed by atoms with Crippen LogP contribution in [-0.4, -0.2) is 17.9 Å². The molecule has 2 N–H and O–H groups in total. The lowest BCUT2D eigenvalue weighted by Gasteiger charge is -2.25. The molecule has 1 aliphatic carbocycles. The maximum Gasteiger partial charge on any atom is 0.325 e. The van der Waals surface area contributed by atoms with Gasteiger partial charge in [0.25, 0.3) is 0 Å². The number of hydrogen-bond donors (Lipinski definition) is 1. The van der Waals surface area contributed by atoms with Crippen molar-refractivity contribution >= 4 is 0 Å².